The van der Waals surface area contributed by atoms with E-state index in [1.54, 1.807) is 12.4 Å². The molecular weight excluding hydrogens is 323 g/mol. The zero-order valence-corrected chi connectivity index (χ0v) is 17.9. The van der Waals surface area contributed by atoms with Crippen molar-refractivity contribution in [2.75, 3.05) is 13.8 Å². The van der Waals surface area contributed by atoms with Gasteiger partial charge in [0.25, 0.3) is 0 Å². The van der Waals surface area contributed by atoms with Crippen LogP contribution in [0.3, 0.4) is 0 Å². The van der Waals surface area contributed by atoms with Crippen molar-refractivity contribution in [3.63, 3.8) is 0 Å². The van der Waals surface area contributed by atoms with Gasteiger partial charge in [0.1, 0.15) is 5.75 Å². The van der Waals surface area contributed by atoms with Crippen LogP contribution in [0.15, 0.2) is 36.4 Å². The molecule has 0 radical (unpaired) electrons. The van der Waals surface area contributed by atoms with E-state index in [-0.39, 0.29) is 7.92 Å². The van der Waals surface area contributed by atoms with Crippen LogP contribution in [0, 0.1) is 0 Å². The molecule has 1 unspecified atom stereocenters. The van der Waals surface area contributed by atoms with Gasteiger partial charge in [0, 0.05) is 0 Å². The highest BCUT2D eigenvalue weighted by molar-refractivity contribution is 7.72. The van der Waals surface area contributed by atoms with Gasteiger partial charge >= 0.3 is 0 Å². The van der Waals surface area contributed by atoms with E-state index in [9.17, 15) is 0 Å². The van der Waals surface area contributed by atoms with Crippen LogP contribution >= 0.6 is 7.92 Å². The fourth-order valence-electron chi connectivity index (χ4n) is 3.24. The maximum Gasteiger partial charge on any atom is 0.118 e. The number of benzene rings is 2. The van der Waals surface area contributed by atoms with E-state index in [1.165, 1.54) is 22.0 Å². The maximum atomic E-state index is 5.33. The van der Waals surface area contributed by atoms with E-state index in [4.69, 9.17) is 4.74 Å². The third kappa shape index (κ3) is 4.45. The minimum Gasteiger partial charge on any atom is -0.497 e. The Morgan fingerprint density at radius 1 is 0.760 bits per heavy atom. The molecule has 0 spiro atoms. The summed E-state index contributed by atoms with van der Waals surface area (Å²) in [6, 6.07) is 13.5. The van der Waals surface area contributed by atoms with E-state index < -0.39 is 0 Å². The lowest BCUT2D eigenvalue weighted by atomic mass is 9.89. The Morgan fingerprint density at radius 3 is 1.60 bits per heavy atom. The third-order valence-corrected chi connectivity index (χ3v) is 7.16. The van der Waals surface area contributed by atoms with Crippen molar-refractivity contribution in [1.82, 2.24) is 0 Å². The average molecular weight is 356 g/mol. The van der Waals surface area contributed by atoms with Crippen LogP contribution in [0.4, 0.5) is 0 Å². The molecule has 25 heavy (non-hydrogen) atoms. The molecule has 0 aliphatic rings. The minimum atomic E-state index is -0.382. The second-order valence-corrected chi connectivity index (χ2v) is 9.85. The molecule has 0 amide bonds. The van der Waals surface area contributed by atoms with Crippen molar-refractivity contribution in [2.24, 2.45) is 0 Å². The highest BCUT2D eigenvalue weighted by Gasteiger charge is 2.22. The van der Waals surface area contributed by atoms with E-state index >= 15 is 0 Å². The first-order chi connectivity index (χ1) is 11.8. The predicted molar refractivity (Wildman–Crippen MR) is 114 cm³/mol. The number of methoxy groups -OCH3 is 1. The number of rotatable bonds is 6. The molecule has 0 aliphatic heterocycles. The van der Waals surface area contributed by atoms with Crippen LogP contribution in [0.5, 0.6) is 5.75 Å². The van der Waals surface area contributed by atoms with Gasteiger partial charge in [0.05, 0.1) is 7.11 Å². The largest absolute Gasteiger partial charge is 0.497 e. The van der Waals surface area contributed by atoms with Crippen molar-refractivity contribution >= 4 is 18.5 Å². The molecule has 2 heteroatoms. The summed E-state index contributed by atoms with van der Waals surface area (Å²) in [6.07, 6.45) is 0. The Morgan fingerprint density at radius 2 is 1.24 bits per heavy atom. The Balaban J connectivity index is 2.63. The van der Waals surface area contributed by atoms with Gasteiger partial charge in [-0.3, -0.25) is 0 Å². The Hall–Kier alpha value is -1.33. The molecule has 0 saturated carbocycles. The molecule has 0 bridgehead atoms. The lowest BCUT2D eigenvalue weighted by molar-refractivity contribution is 0.415. The summed E-state index contributed by atoms with van der Waals surface area (Å²) in [5.41, 5.74) is 4.52. The molecule has 1 nitrogen and oxygen atoms in total. The van der Waals surface area contributed by atoms with Gasteiger partial charge in [-0.05, 0) is 71.8 Å². The molecule has 0 N–H and O–H groups in total. The van der Waals surface area contributed by atoms with E-state index in [2.05, 4.69) is 84.6 Å². The predicted octanol–water partition coefficient (Wildman–Crippen LogP) is 6.13. The molecule has 0 aromatic heterocycles. The second-order valence-electron chi connectivity index (χ2n) is 7.77. The summed E-state index contributed by atoms with van der Waals surface area (Å²) >= 11 is 0. The van der Waals surface area contributed by atoms with Crippen LogP contribution in [-0.2, 0) is 0 Å². The smallest absolute Gasteiger partial charge is 0.118 e. The first-order valence-corrected chi connectivity index (χ1v) is 11.1. The highest BCUT2D eigenvalue weighted by Crippen LogP contribution is 2.38. The average Bonchev–Trinajstić information content (AvgIpc) is 2.59. The standard InChI is InChI=1S/C23H33OP/c1-15(2)18-13-21(16(3)4)23(22(14-18)17(5)6)25(8)20-11-9-19(24-7)10-12-20/h9-17H,1-8H3. The number of hydrogen-bond acceptors (Lipinski definition) is 1. The summed E-state index contributed by atoms with van der Waals surface area (Å²) < 4.78 is 5.33. The van der Waals surface area contributed by atoms with Crippen LogP contribution in [0.25, 0.3) is 0 Å². The maximum absolute atomic E-state index is 5.33. The van der Waals surface area contributed by atoms with Crippen LogP contribution in [-0.4, -0.2) is 13.8 Å². The molecule has 0 heterocycles. The summed E-state index contributed by atoms with van der Waals surface area (Å²) in [5, 5.41) is 2.99. The van der Waals surface area contributed by atoms with Crippen molar-refractivity contribution in [2.45, 2.75) is 59.3 Å². The van der Waals surface area contributed by atoms with E-state index in [1.807, 2.05) is 0 Å². The molecule has 2 aromatic carbocycles. The number of hydrogen-bond donors (Lipinski definition) is 0. The third-order valence-electron chi connectivity index (χ3n) is 4.90. The topological polar surface area (TPSA) is 9.23 Å². The van der Waals surface area contributed by atoms with Crippen LogP contribution in [0.1, 0.15) is 76.0 Å². The molecule has 0 fully saturated rings. The Bertz CT molecular complexity index is 670. The van der Waals surface area contributed by atoms with Crippen molar-refractivity contribution in [1.29, 1.82) is 0 Å². The van der Waals surface area contributed by atoms with Crippen molar-refractivity contribution in [3.05, 3.63) is 53.1 Å². The summed E-state index contributed by atoms with van der Waals surface area (Å²) in [7, 11) is 1.34. The van der Waals surface area contributed by atoms with Gasteiger partial charge in [0.15, 0.2) is 0 Å². The summed E-state index contributed by atoms with van der Waals surface area (Å²) in [5.74, 6) is 2.56. The lowest BCUT2D eigenvalue weighted by Crippen LogP contribution is -2.22. The van der Waals surface area contributed by atoms with Crippen LogP contribution < -0.4 is 15.3 Å². The molecule has 0 saturated heterocycles. The quantitative estimate of drug-likeness (QED) is 0.566. The highest BCUT2D eigenvalue weighted by atomic mass is 31.1. The first kappa shape index (κ1) is 20.0. The summed E-state index contributed by atoms with van der Waals surface area (Å²) in [6.45, 7) is 16.3. The zero-order chi connectivity index (χ0) is 18.7. The van der Waals surface area contributed by atoms with E-state index in [0.29, 0.717) is 17.8 Å². The molecular formula is C23H33OP. The molecule has 2 rings (SSSR count). The summed E-state index contributed by atoms with van der Waals surface area (Å²) in [4.78, 5) is 0. The van der Waals surface area contributed by atoms with Crippen molar-refractivity contribution in [3.8, 4) is 5.75 Å². The molecule has 136 valence electrons. The SMILES string of the molecule is COc1ccc(P(C)c2c(C(C)C)cc(C(C)C)cc2C(C)C)cc1. The van der Waals surface area contributed by atoms with E-state index in [0.717, 1.165) is 5.75 Å². The van der Waals surface area contributed by atoms with Gasteiger partial charge in [-0.15, -0.1) is 0 Å². The molecule has 1 atom stereocenters. The zero-order valence-electron chi connectivity index (χ0n) is 17.1. The first-order valence-electron chi connectivity index (χ1n) is 9.31. The fraction of sp³-hybridized carbons (Fsp3) is 0.478. The number of ether oxygens (including phenoxy) is 1. The Kier molecular flexibility index (Phi) is 6.69. The van der Waals surface area contributed by atoms with Gasteiger partial charge < -0.3 is 4.74 Å². The Labute approximate surface area is 155 Å². The van der Waals surface area contributed by atoms with Crippen molar-refractivity contribution < 1.29 is 4.74 Å². The monoisotopic (exact) mass is 356 g/mol. The van der Waals surface area contributed by atoms with Gasteiger partial charge in [0.2, 0.25) is 0 Å². The fourth-order valence-corrected chi connectivity index (χ4v) is 5.51. The second kappa shape index (κ2) is 8.37. The van der Waals surface area contributed by atoms with Gasteiger partial charge in [-0.2, -0.15) is 0 Å². The normalized spacial score (nSPS) is 12.9. The lowest BCUT2D eigenvalue weighted by Gasteiger charge is -2.27. The van der Waals surface area contributed by atoms with Crippen LogP contribution in [0.2, 0.25) is 0 Å². The van der Waals surface area contributed by atoms with Gasteiger partial charge in [-0.25, -0.2) is 0 Å². The molecule has 0 aliphatic carbocycles. The minimum absolute atomic E-state index is 0.382. The van der Waals surface area contributed by atoms with Gasteiger partial charge in [-0.1, -0.05) is 65.8 Å². The molecule has 2 aromatic rings.